The third kappa shape index (κ3) is 7.66. The Bertz CT molecular complexity index is 1360. The van der Waals surface area contributed by atoms with Gasteiger partial charge in [0.1, 0.15) is 18.4 Å². The minimum atomic E-state index is -4.31. The Morgan fingerprint density at radius 2 is 1.54 bits per heavy atom. The lowest BCUT2D eigenvalue weighted by Crippen LogP contribution is -2.53. The Labute approximate surface area is 230 Å². The van der Waals surface area contributed by atoms with Gasteiger partial charge in [-0.2, -0.15) is 0 Å². The topological polar surface area (TPSA) is 86.8 Å². The zero-order chi connectivity index (χ0) is 28.6. The summed E-state index contributed by atoms with van der Waals surface area (Å²) >= 11 is 0. The minimum Gasteiger partial charge on any atom is -0.352 e. The van der Waals surface area contributed by atoms with Gasteiger partial charge in [-0.25, -0.2) is 12.8 Å². The summed E-state index contributed by atoms with van der Waals surface area (Å²) in [6, 6.07) is 20.1. The van der Waals surface area contributed by atoms with Crippen LogP contribution in [0.5, 0.6) is 0 Å². The molecule has 2 amide bonds. The molecular weight excluding hydrogens is 517 g/mol. The van der Waals surface area contributed by atoms with Gasteiger partial charge in [-0.15, -0.1) is 0 Å². The summed E-state index contributed by atoms with van der Waals surface area (Å²) < 4.78 is 43.2. The van der Waals surface area contributed by atoms with E-state index in [9.17, 15) is 22.4 Å². The standard InChI is InChI=1S/C30H36FN3O4S/c1-5-23(3)32-30(36)24(4)33(20-19-25-11-7-6-8-12-25)29(35)21-34(28-14-10-9-13-27(28)31)39(37,38)26-17-15-22(2)16-18-26/h6-18,23-24H,5,19-21H2,1-4H3,(H,32,36)/t23-,24-/m0/s1. The van der Waals surface area contributed by atoms with Gasteiger partial charge >= 0.3 is 0 Å². The molecule has 0 aliphatic rings. The molecule has 208 valence electrons. The zero-order valence-corrected chi connectivity index (χ0v) is 23.6. The first kappa shape index (κ1) is 29.8. The SMILES string of the molecule is CC[C@H](C)NC(=O)[C@H](C)N(CCc1ccccc1)C(=O)CN(c1ccccc1F)S(=O)(=O)c1ccc(C)cc1. The maximum absolute atomic E-state index is 14.9. The average Bonchev–Trinajstić information content (AvgIpc) is 2.92. The van der Waals surface area contributed by atoms with Crippen molar-refractivity contribution in [2.75, 3.05) is 17.4 Å². The van der Waals surface area contributed by atoms with Gasteiger partial charge in [0.05, 0.1) is 10.6 Å². The van der Waals surface area contributed by atoms with Gasteiger partial charge in [-0.1, -0.05) is 67.1 Å². The van der Waals surface area contributed by atoms with Crippen LogP contribution in [0.25, 0.3) is 0 Å². The molecule has 3 aromatic rings. The van der Waals surface area contributed by atoms with Crippen LogP contribution in [0.2, 0.25) is 0 Å². The summed E-state index contributed by atoms with van der Waals surface area (Å²) in [5, 5.41) is 2.89. The molecular formula is C30H36FN3O4S. The highest BCUT2D eigenvalue weighted by Gasteiger charge is 2.33. The monoisotopic (exact) mass is 553 g/mol. The van der Waals surface area contributed by atoms with Crippen molar-refractivity contribution in [3.05, 3.63) is 95.8 Å². The van der Waals surface area contributed by atoms with Gasteiger partial charge in [0.15, 0.2) is 0 Å². The molecule has 7 nitrogen and oxygen atoms in total. The Kier molecular flexibility index (Phi) is 10.2. The molecule has 39 heavy (non-hydrogen) atoms. The van der Waals surface area contributed by atoms with Crippen molar-refractivity contribution in [3.8, 4) is 0 Å². The molecule has 0 fully saturated rings. The second kappa shape index (κ2) is 13.4. The number of para-hydroxylation sites is 1. The van der Waals surface area contributed by atoms with E-state index in [1.807, 2.05) is 51.1 Å². The lowest BCUT2D eigenvalue weighted by Gasteiger charge is -2.32. The van der Waals surface area contributed by atoms with Crippen LogP contribution in [0.15, 0.2) is 83.8 Å². The molecule has 0 bridgehead atoms. The molecule has 9 heteroatoms. The third-order valence-electron chi connectivity index (χ3n) is 6.66. The van der Waals surface area contributed by atoms with E-state index in [0.29, 0.717) is 12.8 Å². The summed E-state index contributed by atoms with van der Waals surface area (Å²) in [6.07, 6.45) is 1.17. The van der Waals surface area contributed by atoms with E-state index in [1.165, 1.54) is 35.2 Å². The number of amides is 2. The maximum atomic E-state index is 14.9. The predicted octanol–water partition coefficient (Wildman–Crippen LogP) is 4.70. The summed E-state index contributed by atoms with van der Waals surface area (Å²) in [7, 11) is -4.31. The number of hydrogen-bond acceptors (Lipinski definition) is 4. The smallest absolute Gasteiger partial charge is 0.264 e. The van der Waals surface area contributed by atoms with Crippen LogP contribution < -0.4 is 9.62 Å². The maximum Gasteiger partial charge on any atom is 0.264 e. The Balaban J connectivity index is 1.98. The van der Waals surface area contributed by atoms with E-state index in [1.54, 1.807) is 19.1 Å². The Hall–Kier alpha value is -3.72. The number of benzene rings is 3. The molecule has 3 aromatic carbocycles. The average molecular weight is 554 g/mol. The highest BCUT2D eigenvalue weighted by Crippen LogP contribution is 2.27. The van der Waals surface area contributed by atoms with Crippen molar-refractivity contribution < 1.29 is 22.4 Å². The lowest BCUT2D eigenvalue weighted by atomic mass is 10.1. The fraction of sp³-hybridized carbons (Fsp3) is 0.333. The highest BCUT2D eigenvalue weighted by molar-refractivity contribution is 7.92. The molecule has 0 heterocycles. The molecule has 0 unspecified atom stereocenters. The zero-order valence-electron chi connectivity index (χ0n) is 22.8. The molecule has 2 atom stereocenters. The number of carbonyl (C=O) groups is 2. The summed E-state index contributed by atoms with van der Waals surface area (Å²) in [5.41, 5.74) is 1.57. The molecule has 3 rings (SSSR count). The van der Waals surface area contributed by atoms with Crippen LogP contribution in [-0.2, 0) is 26.0 Å². The molecule has 0 radical (unpaired) electrons. The molecule has 0 aromatic heterocycles. The fourth-order valence-electron chi connectivity index (χ4n) is 4.04. The van der Waals surface area contributed by atoms with E-state index >= 15 is 0 Å². The van der Waals surface area contributed by atoms with Gasteiger partial charge in [-0.3, -0.25) is 13.9 Å². The predicted molar refractivity (Wildman–Crippen MR) is 151 cm³/mol. The van der Waals surface area contributed by atoms with Gasteiger partial charge in [-0.05, 0) is 63.4 Å². The van der Waals surface area contributed by atoms with E-state index in [4.69, 9.17) is 0 Å². The minimum absolute atomic E-state index is 0.0671. The van der Waals surface area contributed by atoms with Crippen molar-refractivity contribution >= 4 is 27.5 Å². The number of carbonyl (C=O) groups excluding carboxylic acids is 2. The molecule has 0 aliphatic carbocycles. The first-order valence-electron chi connectivity index (χ1n) is 13.0. The first-order valence-corrected chi connectivity index (χ1v) is 14.5. The number of halogens is 1. The second-order valence-corrected chi connectivity index (χ2v) is 11.5. The van der Waals surface area contributed by atoms with Crippen molar-refractivity contribution in [1.29, 1.82) is 0 Å². The van der Waals surface area contributed by atoms with E-state index in [-0.39, 0.29) is 29.1 Å². The quantitative estimate of drug-likeness (QED) is 0.352. The summed E-state index contributed by atoms with van der Waals surface area (Å²) in [4.78, 5) is 28.1. The van der Waals surface area contributed by atoms with Crippen molar-refractivity contribution in [1.82, 2.24) is 10.2 Å². The van der Waals surface area contributed by atoms with Crippen molar-refractivity contribution in [3.63, 3.8) is 0 Å². The third-order valence-corrected chi connectivity index (χ3v) is 8.44. The number of aryl methyl sites for hydroxylation is 1. The van der Waals surface area contributed by atoms with Crippen LogP contribution >= 0.6 is 0 Å². The van der Waals surface area contributed by atoms with Crippen molar-refractivity contribution in [2.24, 2.45) is 0 Å². The Morgan fingerprint density at radius 3 is 2.15 bits per heavy atom. The number of nitrogens with zero attached hydrogens (tertiary/aromatic N) is 2. The first-order chi connectivity index (χ1) is 18.5. The number of anilines is 1. The van der Waals surface area contributed by atoms with Crippen LogP contribution in [0, 0.1) is 12.7 Å². The van der Waals surface area contributed by atoms with Gasteiger partial charge < -0.3 is 10.2 Å². The van der Waals surface area contributed by atoms with E-state index in [2.05, 4.69) is 5.32 Å². The second-order valence-electron chi connectivity index (χ2n) is 9.59. The normalized spacial score (nSPS) is 12.8. The number of hydrogen-bond donors (Lipinski definition) is 1. The number of nitrogens with one attached hydrogen (secondary N) is 1. The van der Waals surface area contributed by atoms with Gasteiger partial charge in [0.2, 0.25) is 11.8 Å². The summed E-state index contributed by atoms with van der Waals surface area (Å²) in [6.45, 7) is 6.75. The molecule has 0 aliphatic heterocycles. The molecule has 1 N–H and O–H groups in total. The van der Waals surface area contributed by atoms with Crippen LogP contribution in [-0.4, -0.2) is 50.3 Å². The van der Waals surface area contributed by atoms with Gasteiger partial charge in [0.25, 0.3) is 10.0 Å². The molecule has 0 saturated heterocycles. The van der Waals surface area contributed by atoms with Crippen LogP contribution in [0.3, 0.4) is 0 Å². The number of sulfonamides is 1. The molecule has 0 saturated carbocycles. The largest absolute Gasteiger partial charge is 0.352 e. The van der Waals surface area contributed by atoms with E-state index in [0.717, 1.165) is 21.5 Å². The van der Waals surface area contributed by atoms with Crippen LogP contribution in [0.1, 0.15) is 38.3 Å². The van der Waals surface area contributed by atoms with E-state index < -0.39 is 34.3 Å². The van der Waals surface area contributed by atoms with Crippen LogP contribution in [0.4, 0.5) is 10.1 Å². The van der Waals surface area contributed by atoms with Gasteiger partial charge in [0, 0.05) is 12.6 Å². The fourth-order valence-corrected chi connectivity index (χ4v) is 5.46. The van der Waals surface area contributed by atoms with Crippen molar-refractivity contribution in [2.45, 2.75) is 57.5 Å². The Morgan fingerprint density at radius 1 is 0.923 bits per heavy atom. The highest BCUT2D eigenvalue weighted by atomic mass is 32.2. The number of rotatable bonds is 12. The lowest BCUT2D eigenvalue weighted by molar-refractivity contribution is -0.139. The summed E-state index contributed by atoms with van der Waals surface area (Å²) in [5.74, 6) is -1.74. The molecule has 0 spiro atoms.